The van der Waals surface area contributed by atoms with E-state index in [0.29, 0.717) is 0 Å². The van der Waals surface area contributed by atoms with E-state index in [1.807, 2.05) is 0 Å². The molecule has 114 valence electrons. The highest BCUT2D eigenvalue weighted by Gasteiger charge is 2.46. The van der Waals surface area contributed by atoms with Crippen LogP contribution in [0, 0.1) is 6.92 Å². The number of hydrogen-bond donors (Lipinski definition) is 0. The molecule has 0 aromatic heterocycles. The zero-order valence-electron chi connectivity index (χ0n) is 13.4. The molecule has 2 aromatic carbocycles. The SMILES string of the molecule is Cc1cccc([C@H]2OC3(CCN(C)CC3)c3ccccc32)c1. The molecule has 4 rings (SSSR count). The van der Waals surface area contributed by atoms with E-state index in [0.717, 1.165) is 25.9 Å². The van der Waals surface area contributed by atoms with E-state index in [1.165, 1.54) is 22.3 Å². The van der Waals surface area contributed by atoms with Gasteiger partial charge in [-0.05, 0) is 43.5 Å². The number of rotatable bonds is 1. The summed E-state index contributed by atoms with van der Waals surface area (Å²) >= 11 is 0. The van der Waals surface area contributed by atoms with Gasteiger partial charge in [0.25, 0.3) is 0 Å². The number of likely N-dealkylation sites (tertiary alicyclic amines) is 1. The minimum absolute atomic E-state index is 0.0829. The van der Waals surface area contributed by atoms with Crippen molar-refractivity contribution in [1.29, 1.82) is 0 Å². The van der Waals surface area contributed by atoms with E-state index >= 15 is 0 Å². The molecule has 0 N–H and O–H groups in total. The summed E-state index contributed by atoms with van der Waals surface area (Å²) in [5.74, 6) is 0. The average molecular weight is 293 g/mol. The van der Waals surface area contributed by atoms with E-state index in [4.69, 9.17) is 4.74 Å². The Bertz CT molecular complexity index is 686. The Kier molecular flexibility index (Phi) is 3.32. The van der Waals surface area contributed by atoms with Crippen molar-refractivity contribution in [2.75, 3.05) is 20.1 Å². The number of nitrogens with zero attached hydrogens (tertiary/aromatic N) is 1. The molecule has 1 spiro atoms. The van der Waals surface area contributed by atoms with Gasteiger partial charge in [0.1, 0.15) is 6.10 Å². The molecule has 2 nitrogen and oxygen atoms in total. The largest absolute Gasteiger partial charge is 0.358 e. The van der Waals surface area contributed by atoms with Crippen LogP contribution in [0.3, 0.4) is 0 Å². The molecule has 0 saturated carbocycles. The lowest BCUT2D eigenvalue weighted by Gasteiger charge is -2.38. The van der Waals surface area contributed by atoms with Crippen LogP contribution in [0.15, 0.2) is 48.5 Å². The number of fused-ring (bicyclic) bond motifs is 2. The monoisotopic (exact) mass is 293 g/mol. The fraction of sp³-hybridized carbons (Fsp3) is 0.400. The predicted molar refractivity (Wildman–Crippen MR) is 89.0 cm³/mol. The zero-order valence-corrected chi connectivity index (χ0v) is 13.4. The molecule has 2 heterocycles. The lowest BCUT2D eigenvalue weighted by molar-refractivity contribution is -0.0941. The van der Waals surface area contributed by atoms with Gasteiger partial charge in [0.05, 0.1) is 5.60 Å². The smallest absolute Gasteiger partial charge is 0.109 e. The van der Waals surface area contributed by atoms with Gasteiger partial charge in [0.2, 0.25) is 0 Å². The maximum Gasteiger partial charge on any atom is 0.109 e. The molecule has 0 amide bonds. The van der Waals surface area contributed by atoms with E-state index in [2.05, 4.69) is 67.4 Å². The topological polar surface area (TPSA) is 12.5 Å². The van der Waals surface area contributed by atoms with E-state index < -0.39 is 0 Å². The van der Waals surface area contributed by atoms with Crippen molar-refractivity contribution in [2.24, 2.45) is 0 Å². The molecular formula is C20H23NO. The molecule has 0 aliphatic carbocycles. The Hall–Kier alpha value is -1.64. The molecule has 1 atom stereocenters. The van der Waals surface area contributed by atoms with Crippen LogP contribution in [0.4, 0.5) is 0 Å². The summed E-state index contributed by atoms with van der Waals surface area (Å²) in [5, 5.41) is 0. The van der Waals surface area contributed by atoms with Gasteiger partial charge in [-0.2, -0.15) is 0 Å². The van der Waals surface area contributed by atoms with Crippen LogP contribution in [-0.4, -0.2) is 25.0 Å². The van der Waals surface area contributed by atoms with Crippen molar-refractivity contribution in [3.8, 4) is 0 Å². The van der Waals surface area contributed by atoms with Crippen LogP contribution in [0.5, 0.6) is 0 Å². The number of piperidine rings is 1. The molecule has 2 aliphatic rings. The summed E-state index contributed by atoms with van der Waals surface area (Å²) in [5.41, 5.74) is 5.26. The van der Waals surface area contributed by atoms with Gasteiger partial charge in [-0.25, -0.2) is 0 Å². The maximum absolute atomic E-state index is 6.72. The first-order valence-corrected chi connectivity index (χ1v) is 8.20. The highest BCUT2D eigenvalue weighted by Crippen LogP contribution is 2.51. The van der Waals surface area contributed by atoms with Crippen molar-refractivity contribution in [1.82, 2.24) is 4.90 Å². The van der Waals surface area contributed by atoms with Crippen LogP contribution in [0.1, 0.15) is 41.2 Å². The first kappa shape index (κ1) is 14.0. The van der Waals surface area contributed by atoms with Crippen LogP contribution in [0.25, 0.3) is 0 Å². The van der Waals surface area contributed by atoms with Crippen molar-refractivity contribution < 1.29 is 4.74 Å². The lowest BCUT2D eigenvalue weighted by Crippen LogP contribution is -2.40. The summed E-state index contributed by atoms with van der Waals surface area (Å²) in [6.45, 7) is 4.36. The molecular weight excluding hydrogens is 270 g/mol. The van der Waals surface area contributed by atoms with Crippen molar-refractivity contribution in [2.45, 2.75) is 31.5 Å². The Morgan fingerprint density at radius 3 is 2.59 bits per heavy atom. The predicted octanol–water partition coefficient (Wildman–Crippen LogP) is 4.04. The lowest BCUT2D eigenvalue weighted by atomic mass is 9.83. The Labute approximate surface area is 132 Å². The maximum atomic E-state index is 6.72. The Morgan fingerprint density at radius 1 is 1.05 bits per heavy atom. The average Bonchev–Trinajstić information content (AvgIpc) is 2.86. The van der Waals surface area contributed by atoms with Crippen molar-refractivity contribution in [3.63, 3.8) is 0 Å². The third kappa shape index (κ3) is 2.18. The summed E-state index contributed by atoms with van der Waals surface area (Å²) in [4.78, 5) is 2.40. The Morgan fingerprint density at radius 2 is 1.82 bits per heavy atom. The fourth-order valence-electron chi connectivity index (χ4n) is 3.94. The highest BCUT2D eigenvalue weighted by atomic mass is 16.5. The number of benzene rings is 2. The summed E-state index contributed by atoms with van der Waals surface area (Å²) < 4.78 is 6.72. The first-order valence-electron chi connectivity index (χ1n) is 8.20. The van der Waals surface area contributed by atoms with E-state index in [-0.39, 0.29) is 11.7 Å². The highest BCUT2D eigenvalue weighted by molar-refractivity contribution is 5.44. The van der Waals surface area contributed by atoms with Gasteiger partial charge in [-0.3, -0.25) is 0 Å². The quantitative estimate of drug-likeness (QED) is 0.787. The van der Waals surface area contributed by atoms with Crippen LogP contribution in [-0.2, 0) is 10.3 Å². The van der Waals surface area contributed by atoms with Gasteiger partial charge < -0.3 is 9.64 Å². The molecule has 0 bridgehead atoms. The van der Waals surface area contributed by atoms with Crippen LogP contribution >= 0.6 is 0 Å². The number of ether oxygens (including phenoxy) is 1. The normalized spacial score (nSPS) is 23.6. The van der Waals surface area contributed by atoms with Gasteiger partial charge in [-0.15, -0.1) is 0 Å². The van der Waals surface area contributed by atoms with Crippen molar-refractivity contribution in [3.05, 3.63) is 70.8 Å². The molecule has 0 radical (unpaired) electrons. The third-order valence-electron chi connectivity index (χ3n) is 5.22. The molecule has 2 aliphatic heterocycles. The molecule has 1 saturated heterocycles. The standard InChI is InChI=1S/C20H23NO/c1-15-6-5-7-16(14-15)19-17-8-3-4-9-18(17)20(22-19)10-12-21(2)13-11-20/h3-9,14,19H,10-13H2,1-2H3/t19-/m1/s1. The molecule has 0 unspecified atom stereocenters. The number of aryl methyl sites for hydroxylation is 1. The molecule has 1 fully saturated rings. The zero-order chi connectivity index (χ0) is 15.2. The Balaban J connectivity index is 1.77. The fourth-order valence-corrected chi connectivity index (χ4v) is 3.94. The second-order valence-electron chi connectivity index (χ2n) is 6.80. The van der Waals surface area contributed by atoms with Gasteiger partial charge >= 0.3 is 0 Å². The van der Waals surface area contributed by atoms with Crippen LogP contribution < -0.4 is 0 Å². The summed E-state index contributed by atoms with van der Waals surface area (Å²) in [6, 6.07) is 17.6. The minimum atomic E-state index is -0.0858. The van der Waals surface area contributed by atoms with E-state index in [1.54, 1.807) is 0 Å². The van der Waals surface area contributed by atoms with Gasteiger partial charge in [0, 0.05) is 13.1 Å². The molecule has 2 heteroatoms. The molecule has 22 heavy (non-hydrogen) atoms. The van der Waals surface area contributed by atoms with Gasteiger partial charge in [0.15, 0.2) is 0 Å². The third-order valence-corrected chi connectivity index (χ3v) is 5.22. The number of hydrogen-bond acceptors (Lipinski definition) is 2. The molecule has 2 aromatic rings. The van der Waals surface area contributed by atoms with Crippen LogP contribution in [0.2, 0.25) is 0 Å². The van der Waals surface area contributed by atoms with Crippen molar-refractivity contribution >= 4 is 0 Å². The first-order chi connectivity index (χ1) is 10.7. The summed E-state index contributed by atoms with van der Waals surface area (Å²) in [7, 11) is 2.20. The second-order valence-corrected chi connectivity index (χ2v) is 6.80. The van der Waals surface area contributed by atoms with Gasteiger partial charge in [-0.1, -0.05) is 54.1 Å². The minimum Gasteiger partial charge on any atom is -0.358 e. The summed E-state index contributed by atoms with van der Waals surface area (Å²) in [6.07, 6.45) is 2.26. The second kappa shape index (κ2) is 5.22. The van der Waals surface area contributed by atoms with E-state index in [9.17, 15) is 0 Å².